The van der Waals surface area contributed by atoms with Gasteiger partial charge in [-0.2, -0.15) is 0 Å². The molecule has 0 amide bonds. The Bertz CT molecular complexity index is 306. The van der Waals surface area contributed by atoms with Crippen molar-refractivity contribution in [3.8, 4) is 0 Å². The summed E-state index contributed by atoms with van der Waals surface area (Å²) in [5, 5.41) is 3.92. The van der Waals surface area contributed by atoms with Gasteiger partial charge in [0.2, 0.25) is 0 Å². The molecule has 0 fully saturated rings. The molecule has 4 heteroatoms. The van der Waals surface area contributed by atoms with E-state index < -0.39 is 0 Å². The molecule has 0 radical (unpaired) electrons. The SMILES string of the molecule is C=C(Cl)CNC(CC)c1nccn1C. The standard InChI is InChI=1S/C10H16ClN3/c1-4-9(13-7-8(2)11)10-12-5-6-14(10)3/h5-6,9,13H,2,4,7H2,1,3H3. The lowest BCUT2D eigenvalue weighted by molar-refractivity contribution is 0.505. The van der Waals surface area contributed by atoms with Gasteiger partial charge in [0.1, 0.15) is 5.82 Å². The molecule has 1 atom stereocenters. The summed E-state index contributed by atoms with van der Waals surface area (Å²) in [5.74, 6) is 1.03. The summed E-state index contributed by atoms with van der Waals surface area (Å²) in [6.07, 6.45) is 4.72. The third-order valence-electron chi connectivity index (χ3n) is 2.12. The number of nitrogens with one attached hydrogen (secondary N) is 1. The van der Waals surface area contributed by atoms with Crippen molar-refractivity contribution >= 4 is 11.6 Å². The maximum Gasteiger partial charge on any atom is 0.125 e. The van der Waals surface area contributed by atoms with Crippen LogP contribution in [-0.2, 0) is 7.05 Å². The Morgan fingerprint density at radius 3 is 2.93 bits per heavy atom. The van der Waals surface area contributed by atoms with Crippen LogP contribution >= 0.6 is 11.6 Å². The van der Waals surface area contributed by atoms with E-state index in [-0.39, 0.29) is 6.04 Å². The van der Waals surface area contributed by atoms with Crippen molar-refractivity contribution in [3.05, 3.63) is 29.8 Å². The van der Waals surface area contributed by atoms with E-state index in [4.69, 9.17) is 11.6 Å². The van der Waals surface area contributed by atoms with Crippen molar-refractivity contribution in [1.29, 1.82) is 0 Å². The van der Waals surface area contributed by atoms with Crippen LogP contribution in [0.25, 0.3) is 0 Å². The molecule has 0 saturated carbocycles. The minimum Gasteiger partial charge on any atom is -0.337 e. The molecule has 0 aliphatic heterocycles. The predicted molar refractivity (Wildman–Crippen MR) is 59.2 cm³/mol. The molecular formula is C10H16ClN3. The second-order valence-electron chi connectivity index (χ2n) is 3.26. The van der Waals surface area contributed by atoms with E-state index >= 15 is 0 Å². The van der Waals surface area contributed by atoms with Crippen LogP contribution < -0.4 is 5.32 Å². The average Bonchev–Trinajstić information content (AvgIpc) is 2.53. The summed E-state index contributed by atoms with van der Waals surface area (Å²) in [7, 11) is 1.99. The predicted octanol–water partition coefficient (Wildman–Crippen LogP) is 2.21. The molecule has 0 aliphatic carbocycles. The third kappa shape index (κ3) is 2.86. The number of hydrogen-bond donors (Lipinski definition) is 1. The zero-order chi connectivity index (χ0) is 10.6. The summed E-state index contributed by atoms with van der Waals surface area (Å²) in [5.41, 5.74) is 0. The van der Waals surface area contributed by atoms with E-state index in [2.05, 4.69) is 23.8 Å². The lowest BCUT2D eigenvalue weighted by atomic mass is 10.2. The van der Waals surface area contributed by atoms with Crippen LogP contribution in [0.15, 0.2) is 24.0 Å². The number of hydrogen-bond acceptors (Lipinski definition) is 2. The van der Waals surface area contributed by atoms with Crippen molar-refractivity contribution < 1.29 is 0 Å². The summed E-state index contributed by atoms with van der Waals surface area (Å²) in [6.45, 7) is 6.37. The van der Waals surface area contributed by atoms with Crippen LogP contribution in [0.4, 0.5) is 0 Å². The van der Waals surface area contributed by atoms with Gasteiger partial charge in [-0.1, -0.05) is 25.1 Å². The van der Waals surface area contributed by atoms with Crippen LogP contribution in [0.3, 0.4) is 0 Å². The van der Waals surface area contributed by atoms with Gasteiger partial charge in [0.25, 0.3) is 0 Å². The highest BCUT2D eigenvalue weighted by molar-refractivity contribution is 6.29. The van der Waals surface area contributed by atoms with Gasteiger partial charge >= 0.3 is 0 Å². The molecule has 1 rings (SSSR count). The molecular weight excluding hydrogens is 198 g/mol. The molecule has 1 aromatic heterocycles. The van der Waals surface area contributed by atoms with E-state index in [0.29, 0.717) is 11.6 Å². The first kappa shape index (κ1) is 11.3. The number of aryl methyl sites for hydroxylation is 1. The van der Waals surface area contributed by atoms with Crippen molar-refractivity contribution in [1.82, 2.24) is 14.9 Å². The van der Waals surface area contributed by atoms with Gasteiger partial charge in [0.15, 0.2) is 0 Å². The van der Waals surface area contributed by atoms with Gasteiger partial charge in [-0.15, -0.1) is 0 Å². The first-order valence-electron chi connectivity index (χ1n) is 4.69. The molecule has 0 bridgehead atoms. The van der Waals surface area contributed by atoms with E-state index in [9.17, 15) is 0 Å². The zero-order valence-electron chi connectivity index (χ0n) is 8.63. The topological polar surface area (TPSA) is 29.9 Å². The average molecular weight is 214 g/mol. The fraction of sp³-hybridized carbons (Fsp3) is 0.500. The number of nitrogens with zero attached hydrogens (tertiary/aromatic N) is 2. The molecule has 1 aromatic rings. The summed E-state index contributed by atoms with van der Waals surface area (Å²) in [4.78, 5) is 4.29. The number of halogens is 1. The molecule has 1 N–H and O–H groups in total. The highest BCUT2D eigenvalue weighted by Crippen LogP contribution is 2.13. The Kier molecular flexibility index (Phi) is 4.17. The minimum absolute atomic E-state index is 0.241. The van der Waals surface area contributed by atoms with Crippen LogP contribution in [0.2, 0.25) is 0 Å². The second kappa shape index (κ2) is 5.17. The normalized spacial score (nSPS) is 12.8. The highest BCUT2D eigenvalue weighted by Gasteiger charge is 2.12. The molecule has 0 aliphatic rings. The second-order valence-corrected chi connectivity index (χ2v) is 3.79. The molecule has 1 heterocycles. The molecule has 1 unspecified atom stereocenters. The van der Waals surface area contributed by atoms with E-state index in [1.165, 1.54) is 0 Å². The number of rotatable bonds is 5. The first-order valence-corrected chi connectivity index (χ1v) is 5.06. The maximum atomic E-state index is 5.70. The Hall–Kier alpha value is -0.800. The quantitative estimate of drug-likeness (QED) is 0.813. The van der Waals surface area contributed by atoms with Gasteiger partial charge in [-0.25, -0.2) is 4.98 Å². The lowest BCUT2D eigenvalue weighted by Gasteiger charge is -2.16. The van der Waals surface area contributed by atoms with Crippen molar-refractivity contribution in [3.63, 3.8) is 0 Å². The Balaban J connectivity index is 2.63. The summed E-state index contributed by atoms with van der Waals surface area (Å²) < 4.78 is 2.01. The van der Waals surface area contributed by atoms with E-state index in [1.807, 2.05) is 17.8 Å². The van der Waals surface area contributed by atoms with E-state index in [0.717, 1.165) is 12.2 Å². The van der Waals surface area contributed by atoms with Gasteiger partial charge in [-0.05, 0) is 6.42 Å². The molecule has 0 aromatic carbocycles. The Morgan fingerprint density at radius 1 is 1.79 bits per heavy atom. The van der Waals surface area contributed by atoms with Crippen LogP contribution in [0.5, 0.6) is 0 Å². The Labute approximate surface area is 89.8 Å². The number of imidazole rings is 1. The van der Waals surface area contributed by atoms with Gasteiger partial charge in [-0.3, -0.25) is 0 Å². The Morgan fingerprint density at radius 2 is 2.50 bits per heavy atom. The van der Waals surface area contributed by atoms with Crippen LogP contribution in [0.1, 0.15) is 25.2 Å². The molecule has 3 nitrogen and oxygen atoms in total. The van der Waals surface area contributed by atoms with Gasteiger partial charge in [0.05, 0.1) is 6.04 Å². The van der Waals surface area contributed by atoms with Crippen LogP contribution in [-0.4, -0.2) is 16.1 Å². The van der Waals surface area contributed by atoms with Crippen molar-refractivity contribution in [2.75, 3.05) is 6.54 Å². The molecule has 0 saturated heterocycles. The third-order valence-corrected chi connectivity index (χ3v) is 2.25. The van der Waals surface area contributed by atoms with Crippen LogP contribution in [0, 0.1) is 0 Å². The molecule has 78 valence electrons. The number of aromatic nitrogens is 2. The largest absolute Gasteiger partial charge is 0.337 e. The fourth-order valence-corrected chi connectivity index (χ4v) is 1.44. The minimum atomic E-state index is 0.241. The maximum absolute atomic E-state index is 5.70. The van der Waals surface area contributed by atoms with Crippen molar-refractivity contribution in [2.45, 2.75) is 19.4 Å². The fourth-order valence-electron chi connectivity index (χ4n) is 1.37. The highest BCUT2D eigenvalue weighted by atomic mass is 35.5. The summed E-state index contributed by atoms with van der Waals surface area (Å²) in [6, 6.07) is 0.241. The summed E-state index contributed by atoms with van der Waals surface area (Å²) >= 11 is 5.70. The molecule has 14 heavy (non-hydrogen) atoms. The lowest BCUT2D eigenvalue weighted by Crippen LogP contribution is -2.24. The molecule has 0 spiro atoms. The van der Waals surface area contributed by atoms with Gasteiger partial charge in [0, 0.05) is 31.0 Å². The smallest absolute Gasteiger partial charge is 0.125 e. The monoisotopic (exact) mass is 213 g/mol. The first-order chi connectivity index (χ1) is 6.65. The van der Waals surface area contributed by atoms with Gasteiger partial charge < -0.3 is 9.88 Å². The van der Waals surface area contributed by atoms with E-state index in [1.54, 1.807) is 6.20 Å². The van der Waals surface area contributed by atoms with Crippen molar-refractivity contribution in [2.24, 2.45) is 7.05 Å². The zero-order valence-corrected chi connectivity index (χ0v) is 9.38.